The fourth-order valence-corrected chi connectivity index (χ4v) is 2.96. The average molecular weight is 349 g/mol. The Balaban J connectivity index is 2.11. The van der Waals surface area contributed by atoms with E-state index in [4.69, 9.17) is 11.6 Å². The molecule has 4 heteroatoms. The Morgan fingerprint density at radius 2 is 2.05 bits per heavy atom. The van der Waals surface area contributed by atoms with Gasteiger partial charge in [0.05, 0.1) is 5.52 Å². The van der Waals surface area contributed by atoms with Gasteiger partial charge >= 0.3 is 0 Å². The fourth-order valence-electron chi connectivity index (χ4n) is 2.35. The molecule has 1 aromatic heterocycles. The van der Waals surface area contributed by atoms with Gasteiger partial charge in [-0.25, -0.2) is 0 Å². The zero-order chi connectivity index (χ0) is 14.1. The van der Waals surface area contributed by atoms with Gasteiger partial charge in [-0.3, -0.25) is 4.79 Å². The van der Waals surface area contributed by atoms with Crippen molar-refractivity contribution in [2.24, 2.45) is 0 Å². The first-order chi connectivity index (χ1) is 9.67. The Bertz CT molecular complexity index is 794. The van der Waals surface area contributed by atoms with Crippen molar-refractivity contribution < 1.29 is 4.79 Å². The van der Waals surface area contributed by atoms with Crippen molar-refractivity contribution in [3.63, 3.8) is 0 Å². The number of hydrogen-bond donors (Lipinski definition) is 0. The summed E-state index contributed by atoms with van der Waals surface area (Å²) in [5, 5.41) is 1.60. The summed E-state index contributed by atoms with van der Waals surface area (Å²) in [5.41, 5.74) is 2.82. The lowest BCUT2D eigenvalue weighted by Crippen LogP contribution is -1.97. The van der Waals surface area contributed by atoms with Gasteiger partial charge in [0.2, 0.25) is 0 Å². The first-order valence-corrected chi connectivity index (χ1v) is 7.32. The van der Waals surface area contributed by atoms with Crippen LogP contribution in [0.2, 0.25) is 5.02 Å². The van der Waals surface area contributed by atoms with Crippen LogP contribution in [0, 0.1) is 0 Å². The van der Waals surface area contributed by atoms with E-state index >= 15 is 0 Å². The normalized spacial score (nSPS) is 10.9. The lowest BCUT2D eigenvalue weighted by molar-refractivity contribution is 0.112. The number of hydrogen-bond acceptors (Lipinski definition) is 1. The van der Waals surface area contributed by atoms with Crippen molar-refractivity contribution in [1.29, 1.82) is 0 Å². The number of halogens is 2. The number of aldehydes is 1. The molecule has 3 aromatic rings. The van der Waals surface area contributed by atoms with Crippen molar-refractivity contribution >= 4 is 44.7 Å². The molecule has 0 N–H and O–H groups in total. The number of nitrogens with zero attached hydrogens (tertiary/aromatic N) is 1. The van der Waals surface area contributed by atoms with Gasteiger partial charge in [-0.15, -0.1) is 0 Å². The molecule has 2 aromatic carbocycles. The Morgan fingerprint density at radius 1 is 1.20 bits per heavy atom. The van der Waals surface area contributed by atoms with Crippen LogP contribution in [0.3, 0.4) is 0 Å². The molecular weight excluding hydrogens is 338 g/mol. The molecule has 1 heterocycles. The molecule has 0 aliphatic heterocycles. The van der Waals surface area contributed by atoms with Crippen LogP contribution in [-0.2, 0) is 6.54 Å². The first kappa shape index (κ1) is 13.4. The fraction of sp³-hybridized carbons (Fsp3) is 0.0625. The molecule has 0 fully saturated rings. The Morgan fingerprint density at radius 3 is 2.80 bits per heavy atom. The van der Waals surface area contributed by atoms with E-state index in [1.54, 1.807) is 6.07 Å². The molecule has 3 rings (SSSR count). The summed E-state index contributed by atoms with van der Waals surface area (Å²) in [6.07, 6.45) is 2.75. The minimum atomic E-state index is 0.670. The SMILES string of the molecule is O=Cc1cn(Cc2cccc(Br)c2)c2cc(Cl)ccc12. The van der Waals surface area contributed by atoms with Gasteiger partial charge in [0.25, 0.3) is 0 Å². The summed E-state index contributed by atoms with van der Waals surface area (Å²) in [6.45, 7) is 0.699. The lowest BCUT2D eigenvalue weighted by Gasteiger charge is -2.06. The molecule has 2 nitrogen and oxygen atoms in total. The third-order valence-electron chi connectivity index (χ3n) is 3.24. The predicted octanol–water partition coefficient (Wildman–Crippen LogP) is 4.92. The maximum absolute atomic E-state index is 11.2. The van der Waals surface area contributed by atoms with Crippen LogP contribution in [0.5, 0.6) is 0 Å². The predicted molar refractivity (Wildman–Crippen MR) is 85.6 cm³/mol. The van der Waals surface area contributed by atoms with E-state index in [2.05, 4.69) is 28.1 Å². The number of aromatic nitrogens is 1. The number of benzene rings is 2. The molecule has 0 atom stereocenters. The molecule has 0 aliphatic carbocycles. The topological polar surface area (TPSA) is 22.0 Å². The van der Waals surface area contributed by atoms with E-state index in [1.165, 1.54) is 0 Å². The molecule has 0 aliphatic rings. The van der Waals surface area contributed by atoms with Gasteiger partial charge in [-0.1, -0.05) is 45.7 Å². The van der Waals surface area contributed by atoms with Gasteiger partial charge < -0.3 is 4.57 Å². The second-order valence-electron chi connectivity index (χ2n) is 4.62. The second-order valence-corrected chi connectivity index (χ2v) is 5.97. The van der Waals surface area contributed by atoms with Gasteiger partial charge in [0.15, 0.2) is 6.29 Å². The highest BCUT2D eigenvalue weighted by Gasteiger charge is 2.09. The minimum Gasteiger partial charge on any atom is -0.342 e. The smallest absolute Gasteiger partial charge is 0.152 e. The summed E-state index contributed by atoms with van der Waals surface area (Å²) in [6, 6.07) is 13.7. The molecule has 0 bridgehead atoms. The van der Waals surface area contributed by atoms with E-state index in [9.17, 15) is 4.79 Å². The van der Waals surface area contributed by atoms with Crippen molar-refractivity contribution in [2.75, 3.05) is 0 Å². The van der Waals surface area contributed by atoms with Crippen LogP contribution in [0.4, 0.5) is 0 Å². The maximum Gasteiger partial charge on any atom is 0.152 e. The van der Waals surface area contributed by atoms with Crippen molar-refractivity contribution in [1.82, 2.24) is 4.57 Å². The highest BCUT2D eigenvalue weighted by atomic mass is 79.9. The van der Waals surface area contributed by atoms with Gasteiger partial charge in [0, 0.05) is 33.2 Å². The molecule has 20 heavy (non-hydrogen) atoms. The number of fused-ring (bicyclic) bond motifs is 1. The van der Waals surface area contributed by atoms with Crippen molar-refractivity contribution in [3.8, 4) is 0 Å². The first-order valence-electron chi connectivity index (χ1n) is 6.15. The molecular formula is C16H11BrClNO. The van der Waals surface area contributed by atoms with E-state index in [1.807, 2.05) is 35.0 Å². The molecule has 100 valence electrons. The summed E-state index contributed by atoms with van der Waals surface area (Å²) >= 11 is 9.53. The summed E-state index contributed by atoms with van der Waals surface area (Å²) in [4.78, 5) is 11.2. The standard InChI is InChI=1S/C16H11BrClNO/c17-13-3-1-2-11(6-13)8-19-9-12(10-20)15-5-4-14(18)7-16(15)19/h1-7,9-10H,8H2. The minimum absolute atomic E-state index is 0.670. The lowest BCUT2D eigenvalue weighted by atomic mass is 10.2. The van der Waals surface area contributed by atoms with E-state index in [0.29, 0.717) is 17.1 Å². The van der Waals surface area contributed by atoms with Crippen LogP contribution in [0.15, 0.2) is 53.1 Å². The Kier molecular flexibility index (Phi) is 3.64. The zero-order valence-electron chi connectivity index (χ0n) is 10.5. The summed E-state index contributed by atoms with van der Waals surface area (Å²) in [5.74, 6) is 0. The van der Waals surface area contributed by atoms with Crippen LogP contribution >= 0.6 is 27.5 Å². The highest BCUT2D eigenvalue weighted by molar-refractivity contribution is 9.10. The maximum atomic E-state index is 11.2. The summed E-state index contributed by atoms with van der Waals surface area (Å²) in [7, 11) is 0. The highest BCUT2D eigenvalue weighted by Crippen LogP contribution is 2.25. The third kappa shape index (κ3) is 2.51. The molecule has 0 saturated carbocycles. The van der Waals surface area contributed by atoms with Gasteiger partial charge in [0.1, 0.15) is 0 Å². The summed E-state index contributed by atoms with van der Waals surface area (Å²) < 4.78 is 3.09. The number of rotatable bonds is 3. The Labute approximate surface area is 130 Å². The van der Waals surface area contributed by atoms with E-state index in [0.717, 1.165) is 27.2 Å². The van der Waals surface area contributed by atoms with Crippen LogP contribution in [0.25, 0.3) is 10.9 Å². The monoisotopic (exact) mass is 347 g/mol. The second kappa shape index (κ2) is 5.43. The van der Waals surface area contributed by atoms with E-state index < -0.39 is 0 Å². The molecule has 0 radical (unpaired) electrons. The van der Waals surface area contributed by atoms with Crippen LogP contribution in [0.1, 0.15) is 15.9 Å². The van der Waals surface area contributed by atoms with Crippen molar-refractivity contribution in [2.45, 2.75) is 6.54 Å². The van der Waals surface area contributed by atoms with Gasteiger partial charge in [-0.05, 0) is 29.8 Å². The number of carbonyl (C=O) groups excluding carboxylic acids is 1. The van der Waals surface area contributed by atoms with Gasteiger partial charge in [-0.2, -0.15) is 0 Å². The van der Waals surface area contributed by atoms with Crippen LogP contribution < -0.4 is 0 Å². The molecule has 0 unspecified atom stereocenters. The van der Waals surface area contributed by atoms with Crippen molar-refractivity contribution in [3.05, 3.63) is 69.3 Å². The zero-order valence-corrected chi connectivity index (χ0v) is 12.9. The van der Waals surface area contributed by atoms with Crippen LogP contribution in [-0.4, -0.2) is 10.9 Å². The molecule has 0 amide bonds. The van der Waals surface area contributed by atoms with E-state index in [-0.39, 0.29) is 0 Å². The largest absolute Gasteiger partial charge is 0.342 e. The number of carbonyl (C=O) groups is 1. The molecule has 0 spiro atoms. The Hall–Kier alpha value is -1.58. The quantitative estimate of drug-likeness (QED) is 0.616. The average Bonchev–Trinajstić information content (AvgIpc) is 2.76. The third-order valence-corrected chi connectivity index (χ3v) is 3.97. The molecule has 0 saturated heterocycles.